The molecule has 0 fully saturated rings. The molecule has 0 atom stereocenters. The average molecular weight is 489 g/mol. The minimum Gasteiger partial charge on any atom is -0.322 e. The summed E-state index contributed by atoms with van der Waals surface area (Å²) in [7, 11) is 0. The lowest BCUT2D eigenvalue weighted by molar-refractivity contribution is -0.125. The van der Waals surface area contributed by atoms with E-state index >= 15 is 0 Å². The monoisotopic (exact) mass is 488 g/mol. The Morgan fingerprint density at radius 1 is 1.03 bits per heavy atom. The molecule has 0 radical (unpaired) electrons. The second-order valence-electron chi connectivity index (χ2n) is 8.38. The van der Waals surface area contributed by atoms with E-state index in [4.69, 9.17) is 0 Å². The standard InChI is InChI=1S/C25H21FN6O2S/c1-25(2)23(34)28-18-10-4-6-12-20(18)32(25)21(33)15-35-24-30-29-22(16-8-7-13-27-14-16)31(24)19-11-5-3-9-17(19)26/h3-14H,15H2,1-2H3,(H,28,34). The number of amides is 2. The second kappa shape index (κ2) is 8.95. The van der Waals surface area contributed by atoms with E-state index in [1.54, 1.807) is 79.3 Å². The van der Waals surface area contributed by atoms with Crippen LogP contribution in [0.15, 0.2) is 78.2 Å². The Labute approximate surface area is 205 Å². The van der Waals surface area contributed by atoms with E-state index in [0.717, 1.165) is 11.8 Å². The van der Waals surface area contributed by atoms with Crippen LogP contribution in [0, 0.1) is 5.82 Å². The Kier molecular flexibility index (Phi) is 5.81. The van der Waals surface area contributed by atoms with Crippen LogP contribution in [0.4, 0.5) is 15.8 Å². The molecule has 5 rings (SSSR count). The van der Waals surface area contributed by atoms with Gasteiger partial charge in [-0.25, -0.2) is 4.39 Å². The number of carbonyl (C=O) groups is 2. The van der Waals surface area contributed by atoms with E-state index in [-0.39, 0.29) is 23.3 Å². The van der Waals surface area contributed by atoms with Gasteiger partial charge >= 0.3 is 0 Å². The van der Waals surface area contributed by atoms with Crippen molar-refractivity contribution in [2.75, 3.05) is 16.0 Å². The Bertz CT molecular complexity index is 1420. The number of anilines is 2. The molecule has 35 heavy (non-hydrogen) atoms. The fourth-order valence-corrected chi connectivity index (χ4v) is 4.78. The first-order valence-electron chi connectivity index (χ1n) is 10.8. The molecule has 0 spiro atoms. The van der Waals surface area contributed by atoms with Gasteiger partial charge in [-0.15, -0.1) is 10.2 Å². The molecule has 1 N–H and O–H groups in total. The molecule has 2 aromatic heterocycles. The number of benzene rings is 2. The molecule has 10 heteroatoms. The molecule has 176 valence electrons. The Morgan fingerprint density at radius 3 is 2.51 bits per heavy atom. The zero-order valence-electron chi connectivity index (χ0n) is 19.0. The number of thioether (sulfide) groups is 1. The maximum Gasteiger partial charge on any atom is 0.250 e. The number of nitrogens with zero attached hydrogens (tertiary/aromatic N) is 5. The smallest absolute Gasteiger partial charge is 0.250 e. The zero-order chi connectivity index (χ0) is 24.6. The zero-order valence-corrected chi connectivity index (χ0v) is 19.8. The number of para-hydroxylation sites is 3. The van der Waals surface area contributed by atoms with Crippen molar-refractivity contribution in [1.82, 2.24) is 19.7 Å². The van der Waals surface area contributed by atoms with Crippen molar-refractivity contribution in [3.63, 3.8) is 0 Å². The quantitative estimate of drug-likeness (QED) is 0.421. The first-order chi connectivity index (χ1) is 16.9. The lowest BCUT2D eigenvalue weighted by Gasteiger charge is -2.42. The van der Waals surface area contributed by atoms with Crippen molar-refractivity contribution in [1.29, 1.82) is 0 Å². The number of fused-ring (bicyclic) bond motifs is 1. The van der Waals surface area contributed by atoms with Gasteiger partial charge < -0.3 is 5.32 Å². The summed E-state index contributed by atoms with van der Waals surface area (Å²) in [5, 5.41) is 11.7. The highest BCUT2D eigenvalue weighted by molar-refractivity contribution is 7.99. The van der Waals surface area contributed by atoms with Crippen LogP contribution in [-0.4, -0.2) is 42.9 Å². The van der Waals surface area contributed by atoms with E-state index < -0.39 is 11.4 Å². The van der Waals surface area contributed by atoms with Crippen LogP contribution in [0.5, 0.6) is 0 Å². The van der Waals surface area contributed by atoms with Crippen molar-refractivity contribution < 1.29 is 14.0 Å². The molecule has 0 unspecified atom stereocenters. The van der Waals surface area contributed by atoms with Gasteiger partial charge in [-0.1, -0.05) is 36.0 Å². The molecule has 8 nitrogen and oxygen atoms in total. The fourth-order valence-electron chi connectivity index (χ4n) is 3.98. The molecule has 0 saturated carbocycles. The highest BCUT2D eigenvalue weighted by Gasteiger charge is 2.43. The maximum absolute atomic E-state index is 14.8. The van der Waals surface area contributed by atoms with Crippen molar-refractivity contribution in [3.8, 4) is 17.1 Å². The molecule has 0 aliphatic carbocycles. The van der Waals surface area contributed by atoms with Gasteiger partial charge in [0.05, 0.1) is 22.8 Å². The molecule has 0 saturated heterocycles. The second-order valence-corrected chi connectivity index (χ2v) is 9.33. The third-order valence-corrected chi connectivity index (χ3v) is 6.64. The van der Waals surface area contributed by atoms with Crippen LogP contribution < -0.4 is 10.2 Å². The summed E-state index contributed by atoms with van der Waals surface area (Å²) in [4.78, 5) is 31.8. The molecular formula is C25H21FN6O2S. The number of nitrogens with one attached hydrogen (secondary N) is 1. The lowest BCUT2D eigenvalue weighted by atomic mass is 9.96. The van der Waals surface area contributed by atoms with Crippen molar-refractivity contribution in [3.05, 3.63) is 78.9 Å². The third-order valence-electron chi connectivity index (χ3n) is 5.73. The number of carbonyl (C=O) groups excluding carboxylic acids is 2. The molecule has 2 amide bonds. The molecule has 1 aliphatic rings. The van der Waals surface area contributed by atoms with E-state index in [1.165, 1.54) is 11.0 Å². The van der Waals surface area contributed by atoms with Crippen LogP contribution in [0.2, 0.25) is 0 Å². The van der Waals surface area contributed by atoms with Crippen molar-refractivity contribution >= 4 is 35.0 Å². The van der Waals surface area contributed by atoms with Gasteiger partial charge in [0.25, 0.3) is 0 Å². The van der Waals surface area contributed by atoms with E-state index in [0.29, 0.717) is 27.9 Å². The lowest BCUT2D eigenvalue weighted by Crippen LogP contribution is -2.59. The fraction of sp³-hybridized carbons (Fsp3) is 0.160. The third kappa shape index (κ3) is 4.06. The Morgan fingerprint density at radius 2 is 1.77 bits per heavy atom. The van der Waals surface area contributed by atoms with Crippen molar-refractivity contribution in [2.45, 2.75) is 24.5 Å². The minimum atomic E-state index is -1.09. The van der Waals surface area contributed by atoms with Gasteiger partial charge in [0.15, 0.2) is 11.0 Å². The van der Waals surface area contributed by atoms with Crippen LogP contribution in [0.1, 0.15) is 13.8 Å². The van der Waals surface area contributed by atoms with Crippen LogP contribution in [0.3, 0.4) is 0 Å². The highest BCUT2D eigenvalue weighted by atomic mass is 32.2. The van der Waals surface area contributed by atoms with Crippen LogP contribution >= 0.6 is 11.8 Å². The van der Waals surface area contributed by atoms with Gasteiger partial charge in [0, 0.05) is 18.0 Å². The molecule has 0 bridgehead atoms. The van der Waals surface area contributed by atoms with Gasteiger partial charge in [-0.2, -0.15) is 0 Å². The highest BCUT2D eigenvalue weighted by Crippen LogP contribution is 2.37. The number of halogens is 1. The van der Waals surface area contributed by atoms with Crippen LogP contribution in [-0.2, 0) is 9.59 Å². The normalized spacial score (nSPS) is 14.4. The van der Waals surface area contributed by atoms with Gasteiger partial charge in [-0.05, 0) is 50.2 Å². The van der Waals surface area contributed by atoms with Crippen molar-refractivity contribution in [2.24, 2.45) is 0 Å². The predicted molar refractivity (Wildman–Crippen MR) is 132 cm³/mol. The molecule has 1 aliphatic heterocycles. The van der Waals surface area contributed by atoms with Gasteiger partial charge in [0.2, 0.25) is 11.8 Å². The summed E-state index contributed by atoms with van der Waals surface area (Å²) >= 11 is 1.12. The maximum atomic E-state index is 14.8. The minimum absolute atomic E-state index is 0.0370. The number of pyridine rings is 1. The molecule has 4 aromatic rings. The van der Waals surface area contributed by atoms with E-state index in [1.807, 2.05) is 6.07 Å². The predicted octanol–water partition coefficient (Wildman–Crippen LogP) is 4.32. The van der Waals surface area contributed by atoms with Gasteiger partial charge in [0.1, 0.15) is 11.4 Å². The summed E-state index contributed by atoms with van der Waals surface area (Å²) in [6.45, 7) is 3.40. The number of aromatic nitrogens is 4. The molecular weight excluding hydrogens is 467 g/mol. The first-order valence-corrected chi connectivity index (χ1v) is 11.8. The topological polar surface area (TPSA) is 93.0 Å². The van der Waals surface area contributed by atoms with Crippen LogP contribution in [0.25, 0.3) is 17.1 Å². The number of hydrogen-bond donors (Lipinski definition) is 1. The summed E-state index contributed by atoms with van der Waals surface area (Å²) in [5.74, 6) is -0.643. The summed E-state index contributed by atoms with van der Waals surface area (Å²) in [5.41, 5.74) is 1.02. The molecule has 2 aromatic carbocycles. The molecule has 3 heterocycles. The summed E-state index contributed by atoms with van der Waals surface area (Å²) in [6, 6.07) is 17.0. The number of hydrogen-bond acceptors (Lipinski definition) is 6. The number of rotatable bonds is 5. The average Bonchev–Trinajstić information content (AvgIpc) is 3.28. The Hall–Kier alpha value is -4.05. The van der Waals surface area contributed by atoms with E-state index in [2.05, 4.69) is 20.5 Å². The SMILES string of the molecule is CC1(C)C(=O)Nc2ccccc2N1C(=O)CSc1nnc(-c2cccnc2)n1-c1ccccc1F. The Balaban J connectivity index is 1.50. The van der Waals surface area contributed by atoms with E-state index in [9.17, 15) is 14.0 Å². The summed E-state index contributed by atoms with van der Waals surface area (Å²) in [6.07, 6.45) is 3.25. The largest absolute Gasteiger partial charge is 0.322 e. The first kappa shape index (κ1) is 22.7. The van der Waals surface area contributed by atoms with Gasteiger partial charge in [-0.3, -0.25) is 24.0 Å². The summed E-state index contributed by atoms with van der Waals surface area (Å²) < 4.78 is 16.4.